The van der Waals surface area contributed by atoms with Crippen molar-refractivity contribution < 1.29 is 19.1 Å². The first kappa shape index (κ1) is 24.9. The number of amides is 3. The van der Waals surface area contributed by atoms with Crippen LogP contribution in [0.3, 0.4) is 0 Å². The van der Waals surface area contributed by atoms with E-state index < -0.39 is 0 Å². The van der Waals surface area contributed by atoms with Gasteiger partial charge in [-0.15, -0.1) is 0 Å². The second-order valence-corrected chi connectivity index (χ2v) is 9.63. The summed E-state index contributed by atoms with van der Waals surface area (Å²) in [5.74, 6) is -0.358. The Morgan fingerprint density at radius 1 is 1.06 bits per heavy atom. The van der Waals surface area contributed by atoms with Crippen LogP contribution in [0.25, 0.3) is 6.08 Å². The topological polar surface area (TPSA) is 75.7 Å². The summed E-state index contributed by atoms with van der Waals surface area (Å²) in [4.78, 5) is 38.8. The largest absolute Gasteiger partial charge is 0.482 e. The second-order valence-electron chi connectivity index (χ2n) is 7.79. The van der Waals surface area contributed by atoms with E-state index in [0.717, 1.165) is 22.9 Å². The summed E-state index contributed by atoms with van der Waals surface area (Å²) in [5.41, 5.74) is 3.15. The summed E-state index contributed by atoms with van der Waals surface area (Å²) in [6, 6.07) is 19.3. The zero-order valence-corrected chi connectivity index (χ0v) is 20.9. The van der Waals surface area contributed by atoms with Gasteiger partial charge in [0.1, 0.15) is 5.75 Å². The molecule has 1 aliphatic rings. The lowest BCUT2D eigenvalue weighted by molar-refractivity contribution is -0.123. The third-order valence-corrected chi connectivity index (χ3v) is 6.50. The Balaban J connectivity index is 1.38. The van der Waals surface area contributed by atoms with Crippen molar-refractivity contribution in [3.63, 3.8) is 0 Å². The highest BCUT2D eigenvalue weighted by atomic mass is 35.5. The molecular weight excluding hydrogens is 507 g/mol. The first-order valence-corrected chi connectivity index (χ1v) is 12.1. The SMILES string of the molecule is Cc1cccc(NC(=O)COc2ccc(/C=C3\SC(=O)N(Cc4ccc(Cl)cc4)C3=O)cc2Cl)c1. The van der Waals surface area contributed by atoms with Gasteiger partial charge >= 0.3 is 0 Å². The fraction of sp³-hybridized carbons (Fsp3) is 0.115. The lowest BCUT2D eigenvalue weighted by Gasteiger charge is -2.12. The van der Waals surface area contributed by atoms with Gasteiger partial charge in [-0.2, -0.15) is 0 Å². The molecule has 0 aromatic heterocycles. The van der Waals surface area contributed by atoms with Crippen LogP contribution >= 0.6 is 35.0 Å². The molecule has 6 nitrogen and oxygen atoms in total. The van der Waals surface area contributed by atoms with E-state index in [9.17, 15) is 14.4 Å². The quantitative estimate of drug-likeness (QED) is 0.353. The van der Waals surface area contributed by atoms with Crippen LogP contribution in [0.4, 0.5) is 10.5 Å². The molecule has 4 rings (SSSR count). The van der Waals surface area contributed by atoms with Gasteiger partial charge in [0.25, 0.3) is 17.1 Å². The molecule has 1 saturated heterocycles. The van der Waals surface area contributed by atoms with Gasteiger partial charge in [-0.3, -0.25) is 19.3 Å². The highest BCUT2D eigenvalue weighted by molar-refractivity contribution is 8.18. The first-order chi connectivity index (χ1) is 16.8. The average molecular weight is 527 g/mol. The number of ether oxygens (including phenoxy) is 1. The molecule has 0 bridgehead atoms. The number of benzene rings is 3. The smallest absolute Gasteiger partial charge is 0.293 e. The number of imide groups is 1. The van der Waals surface area contributed by atoms with Crippen LogP contribution in [0.5, 0.6) is 5.75 Å². The molecule has 1 aliphatic heterocycles. The number of nitrogens with one attached hydrogen (secondary N) is 1. The van der Waals surface area contributed by atoms with Crippen molar-refractivity contribution in [2.45, 2.75) is 13.5 Å². The van der Waals surface area contributed by atoms with Crippen molar-refractivity contribution in [1.29, 1.82) is 0 Å². The van der Waals surface area contributed by atoms with Gasteiger partial charge in [-0.1, -0.05) is 53.5 Å². The van der Waals surface area contributed by atoms with Crippen LogP contribution in [0, 0.1) is 6.92 Å². The fourth-order valence-corrected chi connectivity index (χ4v) is 4.55. The molecule has 1 fully saturated rings. The summed E-state index contributed by atoms with van der Waals surface area (Å²) in [5, 5.41) is 3.28. The molecule has 178 valence electrons. The number of halogens is 2. The van der Waals surface area contributed by atoms with Crippen LogP contribution in [-0.4, -0.2) is 28.6 Å². The zero-order valence-electron chi connectivity index (χ0n) is 18.6. The standard InChI is InChI=1S/C26H20Cl2N2O4S/c1-16-3-2-4-20(11-16)29-24(31)15-34-22-10-7-18(12-21(22)28)13-23-25(32)30(26(33)35-23)14-17-5-8-19(27)9-6-17/h2-13H,14-15H2,1H3,(H,29,31)/b23-13-. The summed E-state index contributed by atoms with van der Waals surface area (Å²) in [6.07, 6.45) is 1.60. The van der Waals surface area contributed by atoms with E-state index in [1.165, 1.54) is 4.90 Å². The number of thioether (sulfide) groups is 1. The van der Waals surface area contributed by atoms with Crippen molar-refractivity contribution in [3.05, 3.63) is 98.4 Å². The van der Waals surface area contributed by atoms with E-state index in [1.807, 2.05) is 25.1 Å². The number of aryl methyl sites for hydroxylation is 1. The Hall–Kier alpha value is -3.26. The molecule has 3 amide bonds. The molecule has 0 spiro atoms. The van der Waals surface area contributed by atoms with E-state index in [0.29, 0.717) is 26.9 Å². The van der Waals surface area contributed by atoms with Crippen LogP contribution < -0.4 is 10.1 Å². The highest BCUT2D eigenvalue weighted by Crippen LogP contribution is 2.34. The summed E-state index contributed by atoms with van der Waals surface area (Å²) in [6.45, 7) is 1.89. The maximum absolute atomic E-state index is 12.8. The number of anilines is 1. The van der Waals surface area contributed by atoms with Crippen LogP contribution in [0.15, 0.2) is 71.6 Å². The number of carbonyl (C=O) groups is 3. The summed E-state index contributed by atoms with van der Waals surface area (Å²) in [7, 11) is 0. The van der Waals surface area contributed by atoms with Gasteiger partial charge in [-0.05, 0) is 77.9 Å². The lowest BCUT2D eigenvalue weighted by atomic mass is 10.2. The molecule has 0 aliphatic carbocycles. The highest BCUT2D eigenvalue weighted by Gasteiger charge is 2.35. The molecule has 0 radical (unpaired) electrons. The van der Waals surface area contributed by atoms with Gasteiger partial charge in [0.15, 0.2) is 6.61 Å². The molecule has 3 aromatic carbocycles. The van der Waals surface area contributed by atoms with Crippen molar-refractivity contribution >= 4 is 63.8 Å². The van der Waals surface area contributed by atoms with Crippen molar-refractivity contribution in [3.8, 4) is 5.75 Å². The maximum Gasteiger partial charge on any atom is 0.293 e. The van der Waals surface area contributed by atoms with Crippen molar-refractivity contribution in [1.82, 2.24) is 4.90 Å². The summed E-state index contributed by atoms with van der Waals surface area (Å²) < 4.78 is 5.55. The van der Waals surface area contributed by atoms with E-state index in [1.54, 1.807) is 54.6 Å². The van der Waals surface area contributed by atoms with Crippen molar-refractivity contribution in [2.75, 3.05) is 11.9 Å². The van der Waals surface area contributed by atoms with Crippen LogP contribution in [-0.2, 0) is 16.1 Å². The molecule has 1 N–H and O–H groups in total. The number of nitrogens with zero attached hydrogens (tertiary/aromatic N) is 1. The van der Waals surface area contributed by atoms with Crippen LogP contribution in [0.1, 0.15) is 16.7 Å². The minimum atomic E-state index is -0.376. The molecule has 0 unspecified atom stereocenters. The third kappa shape index (κ3) is 6.45. The second kappa shape index (κ2) is 11.0. The van der Waals surface area contributed by atoms with E-state index in [2.05, 4.69) is 5.32 Å². The normalized spacial score (nSPS) is 14.5. The zero-order chi connectivity index (χ0) is 24.9. The maximum atomic E-state index is 12.8. The molecule has 9 heteroatoms. The van der Waals surface area contributed by atoms with E-state index >= 15 is 0 Å². The third-order valence-electron chi connectivity index (χ3n) is 5.04. The Morgan fingerprint density at radius 2 is 1.83 bits per heavy atom. The minimum Gasteiger partial charge on any atom is -0.482 e. The molecule has 0 atom stereocenters. The van der Waals surface area contributed by atoms with Gasteiger partial charge in [0, 0.05) is 10.7 Å². The minimum absolute atomic E-state index is 0.164. The molecule has 1 heterocycles. The fourth-order valence-electron chi connectivity index (χ4n) is 3.35. The Morgan fingerprint density at radius 3 is 2.54 bits per heavy atom. The van der Waals surface area contributed by atoms with Gasteiger partial charge < -0.3 is 10.1 Å². The molecule has 3 aromatic rings. The van der Waals surface area contributed by atoms with E-state index in [4.69, 9.17) is 27.9 Å². The Labute approximate surface area is 216 Å². The molecular formula is C26H20Cl2N2O4S. The Kier molecular flexibility index (Phi) is 7.80. The lowest BCUT2D eigenvalue weighted by Crippen LogP contribution is -2.27. The van der Waals surface area contributed by atoms with Gasteiger partial charge in [-0.25, -0.2) is 0 Å². The predicted molar refractivity (Wildman–Crippen MR) is 140 cm³/mol. The van der Waals surface area contributed by atoms with Gasteiger partial charge in [0.05, 0.1) is 16.5 Å². The molecule has 35 heavy (non-hydrogen) atoms. The molecule has 0 saturated carbocycles. The number of carbonyl (C=O) groups excluding carboxylic acids is 3. The van der Waals surface area contributed by atoms with Gasteiger partial charge in [0.2, 0.25) is 0 Å². The predicted octanol–water partition coefficient (Wildman–Crippen LogP) is 6.56. The van der Waals surface area contributed by atoms with Crippen molar-refractivity contribution in [2.24, 2.45) is 0 Å². The first-order valence-electron chi connectivity index (χ1n) is 10.6. The number of hydrogen-bond donors (Lipinski definition) is 1. The monoisotopic (exact) mass is 526 g/mol. The number of rotatable bonds is 7. The Bertz CT molecular complexity index is 1330. The summed E-state index contributed by atoms with van der Waals surface area (Å²) >= 11 is 13.1. The average Bonchev–Trinajstić information content (AvgIpc) is 3.07. The van der Waals surface area contributed by atoms with E-state index in [-0.39, 0.29) is 35.2 Å². The number of hydrogen-bond acceptors (Lipinski definition) is 5. The van der Waals surface area contributed by atoms with Crippen LogP contribution in [0.2, 0.25) is 10.0 Å².